The Kier molecular flexibility index (Phi) is 2.27. The van der Waals surface area contributed by atoms with E-state index in [0.717, 1.165) is 22.2 Å². The molecule has 2 aromatic heterocycles. The van der Waals surface area contributed by atoms with Crippen LogP contribution < -0.4 is 0 Å². The Labute approximate surface area is 83.3 Å². The average molecular weight is 184 g/mol. The van der Waals surface area contributed by atoms with Crippen molar-refractivity contribution in [1.82, 2.24) is 9.97 Å². The van der Waals surface area contributed by atoms with Gasteiger partial charge in [-0.15, -0.1) is 0 Å². The topological polar surface area (TPSA) is 25.8 Å². The van der Waals surface area contributed by atoms with Gasteiger partial charge in [0.05, 0.1) is 11.0 Å². The number of rotatable bonds is 1. The van der Waals surface area contributed by atoms with Gasteiger partial charge in [0.1, 0.15) is 0 Å². The molecular weight excluding hydrogens is 172 g/mol. The second-order valence-corrected chi connectivity index (χ2v) is 3.23. The molecule has 0 aliphatic rings. The smallest absolute Gasteiger partial charge is 0.0961 e. The average Bonchev–Trinajstić information content (AvgIpc) is 2.23. The van der Waals surface area contributed by atoms with E-state index in [2.05, 4.69) is 23.0 Å². The van der Waals surface area contributed by atoms with Crippen LogP contribution >= 0.6 is 0 Å². The van der Waals surface area contributed by atoms with Crippen molar-refractivity contribution in [2.45, 2.75) is 13.8 Å². The summed E-state index contributed by atoms with van der Waals surface area (Å²) in [6, 6.07) is 3.89. The molecule has 0 atom stereocenters. The van der Waals surface area contributed by atoms with Crippen LogP contribution in [0.4, 0.5) is 0 Å². The highest BCUT2D eigenvalue weighted by Crippen LogP contribution is 2.18. The Hall–Kier alpha value is -1.70. The van der Waals surface area contributed by atoms with E-state index in [0.29, 0.717) is 0 Å². The van der Waals surface area contributed by atoms with E-state index in [1.165, 1.54) is 0 Å². The van der Waals surface area contributed by atoms with Crippen LogP contribution in [0.1, 0.15) is 18.1 Å². The minimum absolute atomic E-state index is 0.950. The molecule has 0 radical (unpaired) electrons. The fraction of sp³-hybridized carbons (Fsp3) is 0.167. The summed E-state index contributed by atoms with van der Waals surface area (Å²) >= 11 is 0. The molecular formula is C12H12N2. The van der Waals surface area contributed by atoms with Gasteiger partial charge in [-0.25, -0.2) is 0 Å². The van der Waals surface area contributed by atoms with E-state index in [9.17, 15) is 0 Å². The summed E-state index contributed by atoms with van der Waals surface area (Å²) in [6.07, 6.45) is 7.79. The monoisotopic (exact) mass is 184 g/mol. The Morgan fingerprint density at radius 1 is 1.29 bits per heavy atom. The molecule has 70 valence electrons. The third-order valence-corrected chi connectivity index (χ3v) is 2.20. The van der Waals surface area contributed by atoms with E-state index < -0.39 is 0 Å². The summed E-state index contributed by atoms with van der Waals surface area (Å²) in [6.45, 7) is 4.06. The van der Waals surface area contributed by atoms with Gasteiger partial charge in [0, 0.05) is 18.0 Å². The Morgan fingerprint density at radius 3 is 2.93 bits per heavy atom. The first-order valence-corrected chi connectivity index (χ1v) is 4.66. The molecule has 0 aliphatic heterocycles. The van der Waals surface area contributed by atoms with Gasteiger partial charge >= 0.3 is 0 Å². The van der Waals surface area contributed by atoms with Crippen molar-refractivity contribution in [2.75, 3.05) is 0 Å². The standard InChI is InChI=1S/C12H12N2/c1-3-5-10-9(2)8-14-11-6-4-7-13-12(10)11/h3-8H,1-2H3/b5-3-. The van der Waals surface area contributed by atoms with Crippen molar-refractivity contribution in [2.24, 2.45) is 0 Å². The molecule has 0 bridgehead atoms. The third-order valence-electron chi connectivity index (χ3n) is 2.20. The predicted octanol–water partition coefficient (Wildman–Crippen LogP) is 2.97. The summed E-state index contributed by atoms with van der Waals surface area (Å²) in [7, 11) is 0. The van der Waals surface area contributed by atoms with Crippen molar-refractivity contribution in [3.05, 3.63) is 41.7 Å². The Balaban J connectivity index is 2.82. The van der Waals surface area contributed by atoms with E-state index in [4.69, 9.17) is 0 Å². The molecule has 0 unspecified atom stereocenters. The van der Waals surface area contributed by atoms with Gasteiger partial charge in [-0.1, -0.05) is 12.2 Å². The highest BCUT2D eigenvalue weighted by atomic mass is 14.7. The van der Waals surface area contributed by atoms with Gasteiger partial charge in [0.15, 0.2) is 0 Å². The minimum Gasteiger partial charge on any atom is -0.254 e. The molecule has 0 N–H and O–H groups in total. The minimum atomic E-state index is 0.950. The SMILES string of the molecule is C/C=C\c1c(C)cnc2cccnc12. The van der Waals surface area contributed by atoms with E-state index in [1.807, 2.05) is 31.3 Å². The molecule has 0 saturated heterocycles. The number of aryl methyl sites for hydroxylation is 1. The first-order chi connectivity index (χ1) is 6.83. The zero-order valence-electron chi connectivity index (χ0n) is 8.36. The molecule has 2 aromatic rings. The van der Waals surface area contributed by atoms with Crippen LogP contribution in [0.5, 0.6) is 0 Å². The molecule has 0 spiro atoms. The van der Waals surface area contributed by atoms with Crippen LogP contribution in [0.3, 0.4) is 0 Å². The number of hydrogen-bond donors (Lipinski definition) is 0. The van der Waals surface area contributed by atoms with Gasteiger partial charge in [0.2, 0.25) is 0 Å². The predicted molar refractivity (Wildman–Crippen MR) is 59.0 cm³/mol. The molecule has 0 fully saturated rings. The lowest BCUT2D eigenvalue weighted by Gasteiger charge is -2.03. The summed E-state index contributed by atoms with van der Waals surface area (Å²) < 4.78 is 0. The molecule has 14 heavy (non-hydrogen) atoms. The molecule has 2 nitrogen and oxygen atoms in total. The third kappa shape index (κ3) is 1.39. The van der Waals surface area contributed by atoms with Crippen LogP contribution in [0.15, 0.2) is 30.6 Å². The quantitative estimate of drug-likeness (QED) is 0.681. The molecule has 0 saturated carbocycles. The Morgan fingerprint density at radius 2 is 2.14 bits per heavy atom. The lowest BCUT2D eigenvalue weighted by atomic mass is 10.1. The first-order valence-electron chi connectivity index (χ1n) is 4.66. The molecule has 2 heterocycles. The molecule has 0 aliphatic carbocycles. The second kappa shape index (κ2) is 3.58. The van der Waals surface area contributed by atoms with Crippen molar-refractivity contribution < 1.29 is 0 Å². The number of allylic oxidation sites excluding steroid dienone is 1. The highest BCUT2D eigenvalue weighted by Gasteiger charge is 2.02. The zero-order valence-corrected chi connectivity index (χ0v) is 8.36. The van der Waals surface area contributed by atoms with Crippen LogP contribution in [0.25, 0.3) is 17.1 Å². The summed E-state index contributed by atoms with van der Waals surface area (Å²) in [5, 5.41) is 0. The Bertz CT molecular complexity index is 487. The summed E-state index contributed by atoms with van der Waals surface area (Å²) in [5.74, 6) is 0. The second-order valence-electron chi connectivity index (χ2n) is 3.23. The van der Waals surface area contributed by atoms with Crippen LogP contribution in [0.2, 0.25) is 0 Å². The van der Waals surface area contributed by atoms with Gasteiger partial charge in [-0.05, 0) is 31.5 Å². The number of nitrogens with zero attached hydrogens (tertiary/aromatic N) is 2. The number of pyridine rings is 2. The summed E-state index contributed by atoms with van der Waals surface area (Å²) in [5.41, 5.74) is 4.25. The number of hydrogen-bond acceptors (Lipinski definition) is 2. The number of fused-ring (bicyclic) bond motifs is 1. The highest BCUT2D eigenvalue weighted by molar-refractivity contribution is 5.85. The maximum atomic E-state index is 4.35. The lowest BCUT2D eigenvalue weighted by molar-refractivity contribution is 1.28. The van der Waals surface area contributed by atoms with E-state index in [-0.39, 0.29) is 0 Å². The first kappa shape index (κ1) is 8.88. The fourth-order valence-corrected chi connectivity index (χ4v) is 1.51. The van der Waals surface area contributed by atoms with Gasteiger partial charge in [-0.2, -0.15) is 0 Å². The van der Waals surface area contributed by atoms with Gasteiger partial charge in [-0.3, -0.25) is 9.97 Å². The van der Waals surface area contributed by atoms with Crippen LogP contribution in [-0.2, 0) is 0 Å². The fourth-order valence-electron chi connectivity index (χ4n) is 1.51. The largest absolute Gasteiger partial charge is 0.254 e. The van der Waals surface area contributed by atoms with Crippen LogP contribution in [0, 0.1) is 6.92 Å². The van der Waals surface area contributed by atoms with Crippen molar-refractivity contribution in [3.8, 4) is 0 Å². The molecule has 0 amide bonds. The molecule has 0 aromatic carbocycles. The number of aromatic nitrogens is 2. The maximum absolute atomic E-state index is 4.35. The van der Waals surface area contributed by atoms with Gasteiger partial charge in [0.25, 0.3) is 0 Å². The molecule has 2 rings (SSSR count). The van der Waals surface area contributed by atoms with Crippen molar-refractivity contribution in [3.63, 3.8) is 0 Å². The molecule has 2 heteroatoms. The summed E-state index contributed by atoms with van der Waals surface area (Å²) in [4.78, 5) is 8.67. The van der Waals surface area contributed by atoms with E-state index in [1.54, 1.807) is 6.20 Å². The van der Waals surface area contributed by atoms with Crippen LogP contribution in [-0.4, -0.2) is 9.97 Å². The normalized spacial score (nSPS) is 11.3. The van der Waals surface area contributed by atoms with E-state index >= 15 is 0 Å². The zero-order chi connectivity index (χ0) is 9.97. The van der Waals surface area contributed by atoms with Gasteiger partial charge < -0.3 is 0 Å². The van der Waals surface area contributed by atoms with Crippen molar-refractivity contribution >= 4 is 17.1 Å². The lowest BCUT2D eigenvalue weighted by Crippen LogP contribution is -1.89. The maximum Gasteiger partial charge on any atom is 0.0961 e. The van der Waals surface area contributed by atoms with Crippen molar-refractivity contribution in [1.29, 1.82) is 0 Å².